The highest BCUT2D eigenvalue weighted by molar-refractivity contribution is 7.94. The van der Waals surface area contributed by atoms with Gasteiger partial charge >= 0.3 is 0 Å². The molecule has 1 atom stereocenters. The van der Waals surface area contributed by atoms with Crippen LogP contribution in [0.4, 0.5) is 21.5 Å². The molecule has 2 aromatic rings. The molecule has 0 spiro atoms. The molecule has 0 bridgehead atoms. The second-order valence-corrected chi connectivity index (χ2v) is 13.2. The third-order valence-electron chi connectivity index (χ3n) is 6.65. The van der Waals surface area contributed by atoms with Gasteiger partial charge in [0, 0.05) is 23.5 Å². The Morgan fingerprint density at radius 3 is 2.59 bits per heavy atom. The lowest BCUT2D eigenvalue weighted by Crippen LogP contribution is -2.47. The van der Waals surface area contributed by atoms with E-state index >= 15 is 0 Å². The summed E-state index contributed by atoms with van der Waals surface area (Å²) in [7, 11) is -7.80. The van der Waals surface area contributed by atoms with Gasteiger partial charge in [-0.3, -0.25) is 14.3 Å². The van der Waals surface area contributed by atoms with Gasteiger partial charge in [-0.2, -0.15) is 0 Å². The zero-order chi connectivity index (χ0) is 26.5. The Morgan fingerprint density at radius 1 is 1.14 bits per heavy atom. The minimum atomic E-state index is -4.15. The molecule has 196 valence electrons. The second-order valence-electron chi connectivity index (χ2n) is 9.56. The highest BCUT2D eigenvalue weighted by atomic mass is 32.2. The van der Waals surface area contributed by atoms with E-state index in [-0.39, 0.29) is 33.3 Å². The van der Waals surface area contributed by atoms with Gasteiger partial charge in [-0.05, 0) is 55.2 Å². The third kappa shape index (κ3) is 4.99. The maximum atomic E-state index is 14.1. The third-order valence-corrected chi connectivity index (χ3v) is 9.66. The van der Waals surface area contributed by atoms with Crippen molar-refractivity contribution in [2.45, 2.75) is 37.5 Å². The van der Waals surface area contributed by atoms with Gasteiger partial charge < -0.3 is 10.2 Å². The normalized spacial score (nSPS) is 20.5. The average molecular weight is 548 g/mol. The van der Waals surface area contributed by atoms with Crippen molar-refractivity contribution in [2.24, 2.45) is 11.8 Å². The summed E-state index contributed by atoms with van der Waals surface area (Å²) in [6.07, 6.45) is 3.26. The Labute approximate surface area is 214 Å². The molecule has 1 amide bonds. The average Bonchev–Trinajstić information content (AvgIpc) is 3.64. The predicted molar refractivity (Wildman–Crippen MR) is 137 cm³/mol. The van der Waals surface area contributed by atoms with Crippen molar-refractivity contribution in [3.8, 4) is 0 Å². The largest absolute Gasteiger partial charge is 0.356 e. The number of sulfone groups is 1. The molecule has 2 heterocycles. The highest BCUT2D eigenvalue weighted by Gasteiger charge is 2.44. The molecule has 12 heteroatoms. The number of carbonyl (C=O) groups excluding carboxylic acids is 2. The van der Waals surface area contributed by atoms with E-state index in [9.17, 15) is 30.8 Å². The van der Waals surface area contributed by atoms with E-state index in [1.165, 1.54) is 35.2 Å². The van der Waals surface area contributed by atoms with Crippen LogP contribution in [0.2, 0.25) is 0 Å². The molecule has 2 aliphatic heterocycles. The smallest absolute Gasteiger partial charge is 0.244 e. The van der Waals surface area contributed by atoms with Crippen molar-refractivity contribution in [1.82, 2.24) is 0 Å². The molecule has 1 saturated carbocycles. The monoisotopic (exact) mass is 547 g/mol. The number of fused-ring (bicyclic) bond motifs is 2. The Balaban J connectivity index is 1.50. The Hall–Kier alpha value is -3.25. The van der Waals surface area contributed by atoms with Gasteiger partial charge in [0.15, 0.2) is 5.78 Å². The van der Waals surface area contributed by atoms with Crippen LogP contribution in [0.1, 0.15) is 43.0 Å². The minimum absolute atomic E-state index is 0.0203. The molecule has 9 nitrogen and oxygen atoms in total. The van der Waals surface area contributed by atoms with Gasteiger partial charge in [0.05, 0.1) is 27.4 Å². The molecule has 0 radical (unpaired) electrons. The summed E-state index contributed by atoms with van der Waals surface area (Å²) < 4.78 is 67.1. The maximum Gasteiger partial charge on any atom is 0.244 e. The fourth-order valence-corrected chi connectivity index (χ4v) is 7.18. The lowest BCUT2D eigenvalue weighted by Gasteiger charge is -2.35. The molecule has 3 aliphatic rings. The highest BCUT2D eigenvalue weighted by Crippen LogP contribution is 2.40. The van der Waals surface area contributed by atoms with Crippen molar-refractivity contribution in [1.29, 1.82) is 0 Å². The first-order valence-corrected chi connectivity index (χ1v) is 15.2. The number of Topliss-reactive ketones (excluding diaryl/α,β-unsaturated/α-hetero) is 1. The number of hydrogen-bond donors (Lipinski definition) is 2. The van der Waals surface area contributed by atoms with Crippen LogP contribution < -0.4 is 14.9 Å². The van der Waals surface area contributed by atoms with Crippen LogP contribution in [0.3, 0.4) is 0 Å². The summed E-state index contributed by atoms with van der Waals surface area (Å²) in [6.45, 7) is 2.05. The summed E-state index contributed by atoms with van der Waals surface area (Å²) in [4.78, 5) is 28.2. The van der Waals surface area contributed by atoms with E-state index in [2.05, 4.69) is 10.0 Å². The van der Waals surface area contributed by atoms with E-state index in [4.69, 9.17) is 0 Å². The molecule has 2 N–H and O–H groups in total. The lowest BCUT2D eigenvalue weighted by molar-refractivity contribution is -0.120. The fraction of sp³-hybridized carbons (Fsp3) is 0.360. The van der Waals surface area contributed by atoms with E-state index in [0.717, 1.165) is 30.7 Å². The Morgan fingerprint density at radius 2 is 1.89 bits per heavy atom. The molecule has 1 unspecified atom stereocenters. The van der Waals surface area contributed by atoms with Crippen LogP contribution in [0.5, 0.6) is 0 Å². The first kappa shape index (κ1) is 25.4. The van der Waals surface area contributed by atoms with Gasteiger partial charge in [-0.25, -0.2) is 21.2 Å². The van der Waals surface area contributed by atoms with Gasteiger partial charge in [0.25, 0.3) is 0 Å². The first-order valence-electron chi connectivity index (χ1n) is 12.0. The molecule has 37 heavy (non-hydrogen) atoms. The first-order chi connectivity index (χ1) is 17.5. The van der Waals surface area contributed by atoms with Crippen LogP contribution in [0.25, 0.3) is 0 Å². The molecule has 5 rings (SSSR count). The quantitative estimate of drug-likeness (QED) is 0.483. The van der Waals surface area contributed by atoms with Crippen LogP contribution in [0.15, 0.2) is 52.4 Å². The van der Waals surface area contributed by atoms with E-state index in [1.807, 2.05) is 0 Å². The topological polar surface area (TPSA) is 130 Å². The molecule has 1 aliphatic carbocycles. The number of anilines is 3. The van der Waals surface area contributed by atoms with E-state index < -0.39 is 43.3 Å². The van der Waals surface area contributed by atoms with E-state index in [1.54, 1.807) is 6.92 Å². The molecule has 0 saturated heterocycles. The molecule has 0 aromatic heterocycles. The van der Waals surface area contributed by atoms with Crippen LogP contribution >= 0.6 is 0 Å². The number of hydrogen-bond acceptors (Lipinski definition) is 7. The number of carbonyl (C=O) groups is 2. The predicted octanol–water partition coefficient (Wildman–Crippen LogP) is 3.66. The van der Waals surface area contributed by atoms with Crippen LogP contribution in [0, 0.1) is 17.7 Å². The number of sulfonamides is 1. The summed E-state index contributed by atoms with van der Waals surface area (Å²) >= 11 is 0. The summed E-state index contributed by atoms with van der Waals surface area (Å²) in [6, 6.07) is 7.63. The fourth-order valence-electron chi connectivity index (χ4n) is 4.69. The van der Waals surface area contributed by atoms with Gasteiger partial charge in [0.1, 0.15) is 11.7 Å². The summed E-state index contributed by atoms with van der Waals surface area (Å²) in [5, 5.41) is 3.71. The minimum Gasteiger partial charge on any atom is -0.356 e. The number of nitrogens with zero attached hydrogens (tertiary/aromatic N) is 1. The Bertz CT molecular complexity index is 1550. The van der Waals surface area contributed by atoms with Crippen LogP contribution in [-0.4, -0.2) is 40.8 Å². The zero-order valence-corrected chi connectivity index (χ0v) is 21.7. The van der Waals surface area contributed by atoms with Crippen molar-refractivity contribution < 1.29 is 30.8 Å². The summed E-state index contributed by atoms with van der Waals surface area (Å²) in [5.74, 6) is -3.02. The van der Waals surface area contributed by atoms with Crippen molar-refractivity contribution in [2.75, 3.05) is 27.2 Å². The van der Waals surface area contributed by atoms with Crippen molar-refractivity contribution in [3.63, 3.8) is 0 Å². The number of amides is 1. The number of nitrogens with one attached hydrogen (secondary N) is 2. The number of halogens is 1. The number of benzene rings is 2. The Kier molecular flexibility index (Phi) is 6.35. The zero-order valence-electron chi connectivity index (χ0n) is 20.0. The van der Waals surface area contributed by atoms with Gasteiger partial charge in [-0.15, -0.1) is 0 Å². The van der Waals surface area contributed by atoms with E-state index in [0.29, 0.717) is 24.6 Å². The molecular formula is C25H26FN3O6S2. The molecule has 1 fully saturated rings. The lowest BCUT2D eigenvalue weighted by atomic mass is 9.87. The standard InChI is InChI=1S/C25H26FN3O6S2/c1-2-11-37(34,35)28-17-6-7-19-22(13-17)36(32,33)14-20(27-19)23-24(30)18-12-16(26)5-8-21(18)29(25(23)31)10-9-15-3-4-15/h5-8,12-15,23,27-28H,2-4,9-11H2,1H3. The van der Waals surface area contributed by atoms with Crippen molar-refractivity contribution in [3.05, 3.63) is 58.9 Å². The van der Waals surface area contributed by atoms with Gasteiger partial charge in [0.2, 0.25) is 25.8 Å². The summed E-state index contributed by atoms with van der Waals surface area (Å²) in [5.41, 5.74) is 0.387. The van der Waals surface area contributed by atoms with Crippen LogP contribution in [-0.2, 0) is 24.7 Å². The SMILES string of the molecule is CCCS(=O)(=O)Nc1ccc2c(c1)S(=O)(=O)C=C(C1C(=O)c3cc(F)ccc3N(CCC3CC3)C1=O)N2. The maximum absolute atomic E-state index is 14.1. The second kappa shape index (κ2) is 9.25. The van der Waals surface area contributed by atoms with Gasteiger partial charge in [-0.1, -0.05) is 19.8 Å². The van der Waals surface area contributed by atoms with Crippen molar-refractivity contribution >= 4 is 48.6 Å². The number of ketones is 1. The number of rotatable bonds is 8. The molecule has 2 aromatic carbocycles. The molecular weight excluding hydrogens is 521 g/mol.